The number of ether oxygens (including phenoxy) is 1. The number of amides is 2. The lowest BCUT2D eigenvalue weighted by Gasteiger charge is -2.40. The van der Waals surface area contributed by atoms with Gasteiger partial charge < -0.3 is 14.5 Å². The number of halogens is 1. The lowest BCUT2D eigenvalue weighted by molar-refractivity contribution is 0.0406. The molecule has 9 heteroatoms. The molecule has 0 saturated carbocycles. The maximum absolute atomic E-state index is 13.7. The Kier molecular flexibility index (Phi) is 7.38. The maximum Gasteiger partial charge on any atom is 0.342 e. The second-order valence-corrected chi connectivity index (χ2v) is 8.55. The summed E-state index contributed by atoms with van der Waals surface area (Å²) in [6.07, 6.45) is 0. The first-order chi connectivity index (χ1) is 17.3. The molecule has 0 bridgehead atoms. The van der Waals surface area contributed by atoms with E-state index >= 15 is 0 Å². The van der Waals surface area contributed by atoms with Crippen LogP contribution < -0.4 is 0 Å². The van der Waals surface area contributed by atoms with Crippen LogP contribution in [0.4, 0.5) is 4.39 Å². The molecule has 2 aromatic carbocycles. The van der Waals surface area contributed by atoms with Gasteiger partial charge >= 0.3 is 5.97 Å². The lowest BCUT2D eigenvalue weighted by atomic mass is 10.1. The third-order valence-corrected chi connectivity index (χ3v) is 6.07. The minimum Gasteiger partial charge on any atom is -0.462 e. The molecule has 2 heterocycles. The summed E-state index contributed by atoms with van der Waals surface area (Å²) in [5, 5.41) is 0. The van der Waals surface area contributed by atoms with E-state index in [-0.39, 0.29) is 49.4 Å². The topological polar surface area (TPSA) is 92.7 Å². The molecule has 1 saturated heterocycles. The van der Waals surface area contributed by atoms with Crippen LogP contribution >= 0.6 is 0 Å². The quantitative estimate of drug-likeness (QED) is 0.506. The minimum atomic E-state index is -0.656. The Morgan fingerprint density at radius 2 is 1.69 bits per heavy atom. The van der Waals surface area contributed by atoms with Crippen molar-refractivity contribution in [1.29, 1.82) is 0 Å². The first-order valence-corrected chi connectivity index (χ1v) is 11.8. The van der Waals surface area contributed by atoms with Gasteiger partial charge in [0.1, 0.15) is 17.1 Å². The molecule has 8 nitrogen and oxygen atoms in total. The molecular formula is C27H27FN4O4. The van der Waals surface area contributed by atoms with Crippen LogP contribution in [-0.4, -0.2) is 69.8 Å². The molecule has 36 heavy (non-hydrogen) atoms. The van der Waals surface area contributed by atoms with Crippen molar-refractivity contribution < 1.29 is 23.5 Å². The zero-order valence-electron chi connectivity index (χ0n) is 20.4. The van der Waals surface area contributed by atoms with E-state index < -0.39 is 17.7 Å². The Bertz CT molecular complexity index is 1280. The maximum atomic E-state index is 13.7. The molecule has 1 fully saturated rings. The Morgan fingerprint density at radius 1 is 1.00 bits per heavy atom. The monoisotopic (exact) mass is 490 g/mol. The van der Waals surface area contributed by atoms with Gasteiger partial charge in [-0.05, 0) is 45.0 Å². The van der Waals surface area contributed by atoms with Crippen molar-refractivity contribution in [2.75, 3.05) is 26.2 Å². The molecule has 0 spiro atoms. The van der Waals surface area contributed by atoms with Gasteiger partial charge in [0.2, 0.25) is 0 Å². The van der Waals surface area contributed by atoms with E-state index in [0.29, 0.717) is 22.6 Å². The number of nitrogens with zero attached hydrogens (tertiary/aromatic N) is 4. The largest absolute Gasteiger partial charge is 0.462 e. The third-order valence-electron chi connectivity index (χ3n) is 6.07. The van der Waals surface area contributed by atoms with Gasteiger partial charge in [-0.25, -0.2) is 19.2 Å². The number of benzene rings is 2. The molecule has 0 aliphatic carbocycles. The summed E-state index contributed by atoms with van der Waals surface area (Å²) in [5.41, 5.74) is 1.47. The normalized spacial score (nSPS) is 15.5. The molecule has 2 amide bonds. The van der Waals surface area contributed by atoms with Gasteiger partial charge in [0.15, 0.2) is 5.82 Å². The van der Waals surface area contributed by atoms with Gasteiger partial charge in [-0.15, -0.1) is 0 Å². The van der Waals surface area contributed by atoms with Crippen LogP contribution in [0.15, 0.2) is 54.6 Å². The minimum absolute atomic E-state index is 0.0229. The summed E-state index contributed by atoms with van der Waals surface area (Å²) in [6, 6.07) is 14.3. The fourth-order valence-electron chi connectivity index (χ4n) is 4.24. The molecule has 1 unspecified atom stereocenters. The highest BCUT2D eigenvalue weighted by atomic mass is 19.1. The number of esters is 1. The molecule has 1 aliphatic heterocycles. The summed E-state index contributed by atoms with van der Waals surface area (Å²) in [7, 11) is 0. The van der Waals surface area contributed by atoms with Crippen LogP contribution in [-0.2, 0) is 4.74 Å². The molecule has 1 aliphatic rings. The van der Waals surface area contributed by atoms with Gasteiger partial charge in [0, 0.05) is 36.8 Å². The van der Waals surface area contributed by atoms with E-state index in [1.807, 2.05) is 37.3 Å². The number of carbonyl (C=O) groups excluding carboxylic acids is 3. The van der Waals surface area contributed by atoms with Crippen molar-refractivity contribution >= 4 is 17.8 Å². The van der Waals surface area contributed by atoms with E-state index in [2.05, 4.69) is 9.97 Å². The number of hydrogen-bond donors (Lipinski definition) is 0. The van der Waals surface area contributed by atoms with E-state index in [9.17, 15) is 18.8 Å². The second kappa shape index (κ2) is 10.6. The highest BCUT2D eigenvalue weighted by Crippen LogP contribution is 2.23. The SMILES string of the molecule is CCOC(=O)c1c(C)nc(-c2ccccc2)nc1C(=O)N1CCN(C(=O)c2ccc(F)cc2)C(C)C1. The van der Waals surface area contributed by atoms with E-state index in [4.69, 9.17) is 4.74 Å². The number of rotatable bonds is 5. The Morgan fingerprint density at radius 3 is 2.33 bits per heavy atom. The van der Waals surface area contributed by atoms with E-state index in [1.54, 1.807) is 23.6 Å². The molecule has 4 rings (SSSR count). The highest BCUT2D eigenvalue weighted by molar-refractivity contribution is 6.05. The summed E-state index contributed by atoms with van der Waals surface area (Å²) < 4.78 is 18.5. The lowest BCUT2D eigenvalue weighted by Crippen LogP contribution is -2.55. The predicted octanol–water partition coefficient (Wildman–Crippen LogP) is 3.75. The number of aromatic nitrogens is 2. The third kappa shape index (κ3) is 5.10. The fraction of sp³-hybridized carbons (Fsp3) is 0.296. The zero-order valence-corrected chi connectivity index (χ0v) is 20.4. The number of hydrogen-bond acceptors (Lipinski definition) is 6. The first kappa shape index (κ1) is 25.0. The fourth-order valence-corrected chi connectivity index (χ4v) is 4.24. The number of piperazine rings is 1. The predicted molar refractivity (Wildman–Crippen MR) is 131 cm³/mol. The average Bonchev–Trinajstić information content (AvgIpc) is 2.88. The molecule has 1 aromatic heterocycles. The van der Waals surface area contributed by atoms with Crippen LogP contribution in [0.3, 0.4) is 0 Å². The van der Waals surface area contributed by atoms with Crippen LogP contribution in [0.5, 0.6) is 0 Å². The van der Waals surface area contributed by atoms with Gasteiger partial charge in [0.25, 0.3) is 11.8 Å². The molecule has 0 radical (unpaired) electrons. The van der Waals surface area contributed by atoms with Gasteiger partial charge in [-0.3, -0.25) is 9.59 Å². The van der Waals surface area contributed by atoms with Crippen LogP contribution in [0.1, 0.15) is 50.7 Å². The number of aryl methyl sites for hydroxylation is 1. The first-order valence-electron chi connectivity index (χ1n) is 11.8. The van der Waals surface area contributed by atoms with Crippen molar-refractivity contribution in [3.05, 3.63) is 82.9 Å². The van der Waals surface area contributed by atoms with E-state index in [1.165, 1.54) is 24.3 Å². The zero-order chi connectivity index (χ0) is 25.8. The standard InChI is InChI=1S/C27H27FN4O4/c1-4-36-27(35)22-18(3)29-24(19-8-6-5-7-9-19)30-23(22)26(34)31-14-15-32(17(2)16-31)25(33)20-10-12-21(28)13-11-20/h5-13,17H,4,14-16H2,1-3H3. The van der Waals surface area contributed by atoms with Gasteiger partial charge in [-0.2, -0.15) is 0 Å². The Labute approximate surface area is 208 Å². The van der Waals surface area contributed by atoms with Crippen LogP contribution in [0, 0.1) is 12.7 Å². The van der Waals surface area contributed by atoms with E-state index in [0.717, 1.165) is 0 Å². The Balaban J connectivity index is 1.62. The smallest absolute Gasteiger partial charge is 0.342 e. The van der Waals surface area contributed by atoms with Crippen molar-refractivity contribution in [1.82, 2.24) is 19.8 Å². The van der Waals surface area contributed by atoms with Crippen molar-refractivity contribution in [2.24, 2.45) is 0 Å². The molecular weight excluding hydrogens is 463 g/mol. The summed E-state index contributed by atoms with van der Waals surface area (Å²) in [5.74, 6) is -1.39. The molecule has 1 atom stereocenters. The summed E-state index contributed by atoms with van der Waals surface area (Å²) in [6.45, 7) is 6.11. The highest BCUT2D eigenvalue weighted by Gasteiger charge is 2.34. The van der Waals surface area contributed by atoms with Crippen LogP contribution in [0.25, 0.3) is 11.4 Å². The molecule has 186 valence electrons. The Hall–Kier alpha value is -4.14. The van der Waals surface area contributed by atoms with Crippen molar-refractivity contribution in [3.63, 3.8) is 0 Å². The van der Waals surface area contributed by atoms with Crippen molar-refractivity contribution in [3.8, 4) is 11.4 Å². The van der Waals surface area contributed by atoms with Crippen LogP contribution in [0.2, 0.25) is 0 Å². The van der Waals surface area contributed by atoms with Gasteiger partial charge in [-0.1, -0.05) is 30.3 Å². The summed E-state index contributed by atoms with van der Waals surface area (Å²) >= 11 is 0. The second-order valence-electron chi connectivity index (χ2n) is 8.55. The molecule has 3 aromatic rings. The van der Waals surface area contributed by atoms with Gasteiger partial charge in [0.05, 0.1) is 12.3 Å². The molecule has 0 N–H and O–H groups in total. The van der Waals surface area contributed by atoms with Crippen molar-refractivity contribution in [2.45, 2.75) is 26.8 Å². The number of carbonyl (C=O) groups is 3. The average molecular weight is 491 g/mol. The summed E-state index contributed by atoms with van der Waals surface area (Å²) in [4.78, 5) is 51.6.